The van der Waals surface area contributed by atoms with Crippen LogP contribution in [-0.2, 0) is 11.2 Å². The number of carbonyl (C=O) groups excluding carboxylic acids is 3. The lowest BCUT2D eigenvalue weighted by molar-refractivity contribution is -0.126. The van der Waals surface area contributed by atoms with Crippen LogP contribution in [0.3, 0.4) is 0 Å². The monoisotopic (exact) mass is 220 g/mol. The van der Waals surface area contributed by atoms with E-state index in [2.05, 4.69) is 0 Å². The molecule has 1 aliphatic rings. The number of fused-ring (bicyclic) bond motifs is 1. The SMILES string of the molecule is CC(=O)N1CCc2cn(C(C)=O)cc2C1=O. The van der Waals surface area contributed by atoms with Crippen LogP contribution in [0.4, 0.5) is 0 Å². The lowest BCUT2D eigenvalue weighted by atomic mass is 10.1. The van der Waals surface area contributed by atoms with Crippen molar-refractivity contribution in [3.63, 3.8) is 0 Å². The Morgan fingerprint density at radius 3 is 2.44 bits per heavy atom. The average Bonchev–Trinajstić information content (AvgIpc) is 2.62. The molecule has 84 valence electrons. The van der Waals surface area contributed by atoms with E-state index in [1.807, 2.05) is 0 Å². The number of aromatic nitrogens is 1. The molecule has 16 heavy (non-hydrogen) atoms. The average molecular weight is 220 g/mol. The summed E-state index contributed by atoms with van der Waals surface area (Å²) >= 11 is 0. The van der Waals surface area contributed by atoms with E-state index in [4.69, 9.17) is 0 Å². The zero-order valence-corrected chi connectivity index (χ0v) is 9.19. The molecule has 1 aromatic heterocycles. The second-order valence-corrected chi connectivity index (χ2v) is 3.85. The molecule has 2 amide bonds. The van der Waals surface area contributed by atoms with Gasteiger partial charge in [-0.3, -0.25) is 23.9 Å². The molecule has 2 heterocycles. The number of nitrogens with zero attached hydrogens (tertiary/aromatic N) is 2. The molecule has 0 radical (unpaired) electrons. The van der Waals surface area contributed by atoms with Crippen molar-refractivity contribution in [1.82, 2.24) is 9.47 Å². The minimum atomic E-state index is -0.311. The zero-order valence-electron chi connectivity index (χ0n) is 9.19. The van der Waals surface area contributed by atoms with E-state index < -0.39 is 0 Å². The summed E-state index contributed by atoms with van der Waals surface area (Å²) in [5.41, 5.74) is 1.29. The molecule has 0 bridgehead atoms. The summed E-state index contributed by atoms with van der Waals surface area (Å²) in [6.45, 7) is 3.19. The van der Waals surface area contributed by atoms with Gasteiger partial charge in [-0.1, -0.05) is 0 Å². The lowest BCUT2D eigenvalue weighted by Gasteiger charge is -2.23. The highest BCUT2D eigenvalue weighted by molar-refractivity contribution is 6.06. The third-order valence-corrected chi connectivity index (χ3v) is 2.73. The van der Waals surface area contributed by atoms with E-state index in [1.54, 1.807) is 6.20 Å². The maximum Gasteiger partial charge on any atom is 0.262 e. The van der Waals surface area contributed by atoms with Gasteiger partial charge in [0.15, 0.2) is 0 Å². The van der Waals surface area contributed by atoms with Crippen LogP contribution in [0.15, 0.2) is 12.4 Å². The van der Waals surface area contributed by atoms with Gasteiger partial charge in [0.1, 0.15) is 0 Å². The van der Waals surface area contributed by atoms with Crippen LogP contribution < -0.4 is 0 Å². The van der Waals surface area contributed by atoms with E-state index in [9.17, 15) is 14.4 Å². The third-order valence-electron chi connectivity index (χ3n) is 2.73. The fourth-order valence-corrected chi connectivity index (χ4v) is 1.85. The molecule has 5 nitrogen and oxygen atoms in total. The van der Waals surface area contributed by atoms with Crippen molar-refractivity contribution >= 4 is 17.7 Å². The molecule has 0 aliphatic carbocycles. The zero-order chi connectivity index (χ0) is 11.9. The number of rotatable bonds is 0. The summed E-state index contributed by atoms with van der Waals surface area (Å²) in [5, 5.41) is 0. The minimum absolute atomic E-state index is 0.142. The maximum absolute atomic E-state index is 11.9. The van der Waals surface area contributed by atoms with Crippen molar-refractivity contribution in [2.24, 2.45) is 0 Å². The first-order valence-corrected chi connectivity index (χ1v) is 5.05. The standard InChI is InChI=1S/C11H12N2O3/c1-7(14)12-5-9-3-4-13(8(2)15)11(16)10(9)6-12/h5-6H,3-4H2,1-2H3. The quantitative estimate of drug-likeness (QED) is 0.646. The summed E-state index contributed by atoms with van der Waals surface area (Å²) in [6, 6.07) is 0. The van der Waals surface area contributed by atoms with Crippen molar-refractivity contribution in [2.45, 2.75) is 20.3 Å². The normalized spacial score (nSPS) is 14.9. The van der Waals surface area contributed by atoms with Gasteiger partial charge >= 0.3 is 0 Å². The van der Waals surface area contributed by atoms with E-state index in [0.717, 1.165) is 5.56 Å². The number of hydrogen-bond donors (Lipinski definition) is 0. The van der Waals surface area contributed by atoms with E-state index in [0.29, 0.717) is 18.5 Å². The van der Waals surface area contributed by atoms with E-state index >= 15 is 0 Å². The van der Waals surface area contributed by atoms with Gasteiger partial charge in [0, 0.05) is 32.8 Å². The molecular formula is C11H12N2O3. The molecule has 0 unspecified atom stereocenters. The molecule has 0 atom stereocenters. The summed E-state index contributed by atoms with van der Waals surface area (Å²) < 4.78 is 1.38. The Hall–Kier alpha value is -1.91. The van der Waals surface area contributed by atoms with Gasteiger partial charge in [-0.15, -0.1) is 0 Å². The van der Waals surface area contributed by atoms with Crippen molar-refractivity contribution in [1.29, 1.82) is 0 Å². The minimum Gasteiger partial charge on any atom is -0.294 e. The van der Waals surface area contributed by atoms with Crippen LogP contribution in [0.25, 0.3) is 0 Å². The first-order valence-electron chi connectivity index (χ1n) is 5.05. The smallest absolute Gasteiger partial charge is 0.262 e. The molecule has 0 saturated heterocycles. The largest absolute Gasteiger partial charge is 0.294 e. The molecule has 0 N–H and O–H groups in total. The third kappa shape index (κ3) is 1.54. The van der Waals surface area contributed by atoms with Crippen LogP contribution in [0.2, 0.25) is 0 Å². The molecule has 1 aromatic rings. The second-order valence-electron chi connectivity index (χ2n) is 3.85. The molecule has 1 aliphatic heterocycles. The number of imide groups is 1. The van der Waals surface area contributed by atoms with Crippen LogP contribution in [0.1, 0.15) is 34.6 Å². The molecular weight excluding hydrogens is 208 g/mol. The molecule has 0 spiro atoms. The number of carbonyl (C=O) groups is 3. The van der Waals surface area contributed by atoms with Crippen molar-refractivity contribution < 1.29 is 14.4 Å². The summed E-state index contributed by atoms with van der Waals surface area (Å²) in [7, 11) is 0. The fraction of sp³-hybridized carbons (Fsp3) is 0.364. The van der Waals surface area contributed by atoms with Crippen LogP contribution >= 0.6 is 0 Å². The maximum atomic E-state index is 11.9. The molecule has 0 aromatic carbocycles. The number of hydrogen-bond acceptors (Lipinski definition) is 3. The van der Waals surface area contributed by atoms with Gasteiger partial charge in [-0.25, -0.2) is 0 Å². The summed E-state index contributed by atoms with van der Waals surface area (Å²) in [6.07, 6.45) is 3.77. The van der Waals surface area contributed by atoms with Crippen molar-refractivity contribution in [3.05, 3.63) is 23.5 Å². The Labute approximate surface area is 92.6 Å². The molecule has 0 fully saturated rings. The Morgan fingerprint density at radius 2 is 1.88 bits per heavy atom. The first-order chi connectivity index (χ1) is 7.50. The fourth-order valence-electron chi connectivity index (χ4n) is 1.85. The topological polar surface area (TPSA) is 59.4 Å². The highest BCUT2D eigenvalue weighted by atomic mass is 16.2. The molecule has 2 rings (SSSR count). The van der Waals surface area contributed by atoms with Gasteiger partial charge in [0.2, 0.25) is 11.8 Å². The summed E-state index contributed by atoms with van der Waals surface area (Å²) in [4.78, 5) is 35.4. The predicted octanol–water partition coefficient (Wildman–Crippen LogP) is 0.693. The number of amides is 2. The van der Waals surface area contributed by atoms with Crippen LogP contribution in [-0.4, -0.2) is 33.7 Å². The Balaban J connectivity index is 2.41. The first kappa shape index (κ1) is 10.6. The van der Waals surface area contributed by atoms with Gasteiger partial charge in [-0.2, -0.15) is 0 Å². The Kier molecular flexibility index (Phi) is 2.38. The Bertz CT molecular complexity index is 487. The van der Waals surface area contributed by atoms with E-state index in [-0.39, 0.29) is 17.7 Å². The highest BCUT2D eigenvalue weighted by Gasteiger charge is 2.28. The summed E-state index contributed by atoms with van der Waals surface area (Å²) in [5.74, 6) is -0.712. The molecule has 0 saturated carbocycles. The van der Waals surface area contributed by atoms with Crippen molar-refractivity contribution in [3.8, 4) is 0 Å². The second kappa shape index (κ2) is 3.59. The highest BCUT2D eigenvalue weighted by Crippen LogP contribution is 2.20. The van der Waals surface area contributed by atoms with Gasteiger partial charge in [-0.05, 0) is 12.0 Å². The van der Waals surface area contributed by atoms with Crippen LogP contribution in [0, 0.1) is 0 Å². The van der Waals surface area contributed by atoms with Crippen molar-refractivity contribution in [2.75, 3.05) is 6.54 Å². The van der Waals surface area contributed by atoms with E-state index in [1.165, 1.54) is 29.5 Å². The van der Waals surface area contributed by atoms with Gasteiger partial charge < -0.3 is 0 Å². The van der Waals surface area contributed by atoms with Gasteiger partial charge in [0.05, 0.1) is 5.56 Å². The van der Waals surface area contributed by atoms with Crippen LogP contribution in [0.5, 0.6) is 0 Å². The Morgan fingerprint density at radius 1 is 1.19 bits per heavy atom. The molecule has 5 heteroatoms. The lowest BCUT2D eigenvalue weighted by Crippen LogP contribution is -2.40. The predicted molar refractivity (Wildman–Crippen MR) is 56.2 cm³/mol. The van der Waals surface area contributed by atoms with Gasteiger partial charge in [0.25, 0.3) is 5.91 Å².